The SMILES string of the molecule is CCOC(=O)c1c(C)[nH]c(C)c1C(=O)CSc1nnnn1-c1ccccc1C. The van der Waals surface area contributed by atoms with E-state index in [0.29, 0.717) is 27.7 Å². The Kier molecular flexibility index (Phi) is 5.93. The van der Waals surface area contributed by atoms with Crippen molar-refractivity contribution in [3.63, 3.8) is 0 Å². The number of hydrogen-bond donors (Lipinski definition) is 1. The molecule has 0 fully saturated rings. The molecule has 0 radical (unpaired) electrons. The van der Waals surface area contributed by atoms with Crippen molar-refractivity contribution >= 4 is 23.5 Å². The number of esters is 1. The number of aromatic amines is 1. The number of ether oxygens (including phenoxy) is 1. The minimum absolute atomic E-state index is 0.0940. The Morgan fingerprint density at radius 3 is 2.57 bits per heavy atom. The average molecular weight is 399 g/mol. The van der Waals surface area contributed by atoms with Gasteiger partial charge >= 0.3 is 5.97 Å². The van der Waals surface area contributed by atoms with Crippen LogP contribution in [0.3, 0.4) is 0 Å². The summed E-state index contributed by atoms with van der Waals surface area (Å²) in [5.41, 5.74) is 3.79. The quantitative estimate of drug-likeness (QED) is 0.370. The van der Waals surface area contributed by atoms with E-state index in [2.05, 4.69) is 20.5 Å². The van der Waals surface area contributed by atoms with Crippen LogP contribution in [-0.4, -0.2) is 49.3 Å². The van der Waals surface area contributed by atoms with Crippen molar-refractivity contribution in [2.45, 2.75) is 32.9 Å². The smallest absolute Gasteiger partial charge is 0.340 e. The van der Waals surface area contributed by atoms with Crippen LogP contribution in [0.15, 0.2) is 29.4 Å². The van der Waals surface area contributed by atoms with E-state index in [4.69, 9.17) is 4.74 Å². The number of Topliss-reactive ketones (excluding diaryl/α,β-unsaturated/α-hetero) is 1. The number of carbonyl (C=O) groups excluding carboxylic acids is 2. The molecule has 0 saturated carbocycles. The summed E-state index contributed by atoms with van der Waals surface area (Å²) in [5.74, 6) is -0.590. The Balaban J connectivity index is 1.83. The van der Waals surface area contributed by atoms with E-state index in [0.717, 1.165) is 11.3 Å². The fourth-order valence-electron chi connectivity index (χ4n) is 3.01. The predicted octanol–water partition coefficient (Wildman–Crippen LogP) is 3.07. The third-order valence-corrected chi connectivity index (χ3v) is 5.17. The van der Waals surface area contributed by atoms with Crippen LogP contribution in [-0.2, 0) is 4.74 Å². The summed E-state index contributed by atoms with van der Waals surface area (Å²) in [6, 6.07) is 7.72. The molecule has 1 N–H and O–H groups in total. The minimum Gasteiger partial charge on any atom is -0.462 e. The number of benzene rings is 1. The van der Waals surface area contributed by atoms with E-state index < -0.39 is 5.97 Å². The zero-order valence-electron chi connectivity index (χ0n) is 16.1. The number of hydrogen-bond acceptors (Lipinski definition) is 7. The van der Waals surface area contributed by atoms with Crippen molar-refractivity contribution in [3.8, 4) is 5.69 Å². The maximum Gasteiger partial charge on any atom is 0.340 e. The Morgan fingerprint density at radius 1 is 1.14 bits per heavy atom. The van der Waals surface area contributed by atoms with Gasteiger partial charge in [-0.15, -0.1) is 5.10 Å². The number of H-pyrrole nitrogens is 1. The van der Waals surface area contributed by atoms with Crippen molar-refractivity contribution in [1.29, 1.82) is 0 Å². The largest absolute Gasteiger partial charge is 0.462 e. The number of thioether (sulfide) groups is 1. The van der Waals surface area contributed by atoms with E-state index in [1.54, 1.807) is 25.5 Å². The normalized spacial score (nSPS) is 10.9. The first-order valence-electron chi connectivity index (χ1n) is 8.80. The van der Waals surface area contributed by atoms with Crippen LogP contribution in [0.25, 0.3) is 5.69 Å². The van der Waals surface area contributed by atoms with Gasteiger partial charge in [-0.1, -0.05) is 30.0 Å². The van der Waals surface area contributed by atoms with E-state index in [-0.39, 0.29) is 18.1 Å². The second kappa shape index (κ2) is 8.39. The van der Waals surface area contributed by atoms with Gasteiger partial charge in [-0.25, -0.2) is 4.79 Å². The van der Waals surface area contributed by atoms with Crippen molar-refractivity contribution in [1.82, 2.24) is 25.2 Å². The van der Waals surface area contributed by atoms with Crippen molar-refractivity contribution < 1.29 is 14.3 Å². The van der Waals surface area contributed by atoms with Crippen LogP contribution in [0.2, 0.25) is 0 Å². The van der Waals surface area contributed by atoms with Crippen LogP contribution in [0.4, 0.5) is 0 Å². The molecular formula is C19H21N5O3S. The molecule has 0 aliphatic carbocycles. The van der Waals surface area contributed by atoms with Crippen molar-refractivity contribution in [2.24, 2.45) is 0 Å². The Morgan fingerprint density at radius 2 is 1.86 bits per heavy atom. The summed E-state index contributed by atoms with van der Waals surface area (Å²) in [5, 5.41) is 12.3. The van der Waals surface area contributed by atoms with Gasteiger partial charge in [-0.05, 0) is 49.8 Å². The molecule has 28 heavy (non-hydrogen) atoms. The lowest BCUT2D eigenvalue weighted by Gasteiger charge is -2.08. The first kappa shape index (κ1) is 19.8. The van der Waals surface area contributed by atoms with E-state index in [1.165, 1.54) is 11.8 Å². The van der Waals surface area contributed by atoms with Gasteiger partial charge in [0.15, 0.2) is 5.78 Å². The molecule has 146 valence electrons. The van der Waals surface area contributed by atoms with Crippen LogP contribution < -0.4 is 0 Å². The van der Waals surface area contributed by atoms with Gasteiger partial charge in [0.05, 0.1) is 29.2 Å². The van der Waals surface area contributed by atoms with Gasteiger partial charge in [0.25, 0.3) is 0 Å². The van der Waals surface area contributed by atoms with Gasteiger partial charge in [-0.3, -0.25) is 4.79 Å². The van der Waals surface area contributed by atoms with Crippen LogP contribution in [0.1, 0.15) is 44.6 Å². The van der Waals surface area contributed by atoms with Gasteiger partial charge in [0, 0.05) is 11.4 Å². The molecule has 2 aromatic heterocycles. The number of aryl methyl sites for hydroxylation is 3. The molecule has 0 atom stereocenters. The van der Waals surface area contributed by atoms with E-state index >= 15 is 0 Å². The Bertz CT molecular complexity index is 1020. The summed E-state index contributed by atoms with van der Waals surface area (Å²) in [7, 11) is 0. The third kappa shape index (κ3) is 3.84. The highest BCUT2D eigenvalue weighted by Crippen LogP contribution is 2.25. The summed E-state index contributed by atoms with van der Waals surface area (Å²) >= 11 is 1.22. The number of tetrazole rings is 1. The number of rotatable bonds is 7. The van der Waals surface area contributed by atoms with Crippen LogP contribution in [0.5, 0.6) is 0 Å². The Hall–Kier alpha value is -2.94. The minimum atomic E-state index is -0.498. The van der Waals surface area contributed by atoms with Gasteiger partial charge in [0.1, 0.15) is 0 Å². The molecule has 0 aliphatic heterocycles. The molecule has 2 heterocycles. The first-order chi connectivity index (χ1) is 13.4. The molecule has 9 heteroatoms. The number of nitrogens with one attached hydrogen (secondary N) is 1. The van der Waals surface area contributed by atoms with Crippen LogP contribution >= 0.6 is 11.8 Å². The highest BCUT2D eigenvalue weighted by molar-refractivity contribution is 7.99. The zero-order valence-corrected chi connectivity index (χ0v) is 17.0. The first-order valence-corrected chi connectivity index (χ1v) is 9.79. The molecule has 0 spiro atoms. The lowest BCUT2D eigenvalue weighted by atomic mass is 10.1. The molecule has 1 aromatic carbocycles. The monoisotopic (exact) mass is 399 g/mol. The van der Waals surface area contributed by atoms with Gasteiger partial charge in [-0.2, -0.15) is 4.68 Å². The highest BCUT2D eigenvalue weighted by Gasteiger charge is 2.26. The molecule has 0 aliphatic rings. The maximum atomic E-state index is 12.9. The Labute approximate surface area is 166 Å². The zero-order chi connectivity index (χ0) is 20.3. The molecular weight excluding hydrogens is 378 g/mol. The molecule has 0 amide bonds. The fraction of sp³-hybridized carbons (Fsp3) is 0.316. The second-order valence-corrected chi connectivity index (χ2v) is 7.16. The number of carbonyl (C=O) groups is 2. The van der Waals surface area contributed by atoms with Crippen molar-refractivity contribution in [3.05, 3.63) is 52.3 Å². The molecule has 3 aromatic rings. The summed E-state index contributed by atoms with van der Waals surface area (Å²) in [4.78, 5) is 28.2. The van der Waals surface area contributed by atoms with Crippen LogP contribution in [0, 0.1) is 20.8 Å². The number of nitrogens with zero attached hydrogens (tertiary/aromatic N) is 4. The number of para-hydroxylation sites is 1. The predicted molar refractivity (Wildman–Crippen MR) is 105 cm³/mol. The standard InChI is InChI=1S/C19H21N5O3S/c1-5-27-18(26)17-13(4)20-12(3)16(17)15(25)10-28-19-21-22-23-24(19)14-9-7-6-8-11(14)2/h6-9,20H,5,10H2,1-4H3. The lowest BCUT2D eigenvalue weighted by Crippen LogP contribution is -2.13. The molecule has 8 nitrogen and oxygen atoms in total. The summed E-state index contributed by atoms with van der Waals surface area (Å²) in [6.07, 6.45) is 0. The number of ketones is 1. The lowest BCUT2D eigenvalue weighted by molar-refractivity contribution is 0.0522. The maximum absolute atomic E-state index is 12.9. The summed E-state index contributed by atoms with van der Waals surface area (Å²) < 4.78 is 6.70. The average Bonchev–Trinajstić information content (AvgIpc) is 3.24. The summed E-state index contributed by atoms with van der Waals surface area (Å²) in [6.45, 7) is 7.46. The van der Waals surface area contributed by atoms with Gasteiger partial charge in [0.2, 0.25) is 5.16 Å². The molecule has 3 rings (SSSR count). The molecule has 0 saturated heterocycles. The van der Waals surface area contributed by atoms with Crippen molar-refractivity contribution in [2.75, 3.05) is 12.4 Å². The van der Waals surface area contributed by atoms with E-state index in [1.807, 2.05) is 31.2 Å². The van der Waals surface area contributed by atoms with Gasteiger partial charge < -0.3 is 9.72 Å². The molecule has 0 unspecified atom stereocenters. The van der Waals surface area contributed by atoms with E-state index in [9.17, 15) is 9.59 Å². The second-order valence-electron chi connectivity index (χ2n) is 6.22. The third-order valence-electron chi connectivity index (χ3n) is 4.25. The highest BCUT2D eigenvalue weighted by atomic mass is 32.2. The number of aromatic nitrogens is 5. The topological polar surface area (TPSA) is 103 Å². The fourth-order valence-corrected chi connectivity index (χ4v) is 3.77. The molecule has 0 bridgehead atoms.